The summed E-state index contributed by atoms with van der Waals surface area (Å²) in [5.74, 6) is -0.807. The van der Waals surface area contributed by atoms with Crippen LogP contribution in [0.3, 0.4) is 0 Å². The Kier molecular flexibility index (Phi) is 4.79. The molecule has 0 amide bonds. The summed E-state index contributed by atoms with van der Waals surface area (Å²) >= 11 is 5.78. The second-order valence-corrected chi connectivity index (χ2v) is 8.25. The van der Waals surface area contributed by atoms with E-state index in [4.69, 9.17) is 11.8 Å². The average molecular weight is 360 g/mol. The van der Waals surface area contributed by atoms with Gasteiger partial charge in [0.05, 0.1) is 0 Å². The molecule has 0 unspecified atom stereocenters. The van der Waals surface area contributed by atoms with Crippen molar-refractivity contribution in [1.29, 1.82) is 0 Å². The summed E-state index contributed by atoms with van der Waals surface area (Å²) in [7, 11) is -3.29. The molecule has 0 spiro atoms. The molecular formula is C12H17ClF3N3O2S. The maximum absolute atomic E-state index is 15.1. The zero-order valence-electron chi connectivity index (χ0n) is 12.1. The lowest BCUT2D eigenvalue weighted by atomic mass is 9.93. The summed E-state index contributed by atoms with van der Waals surface area (Å²) in [4.78, 5) is -0.747. The first-order valence-electron chi connectivity index (χ1n) is 6.73. The van der Waals surface area contributed by atoms with Gasteiger partial charge < -0.3 is 0 Å². The predicted molar refractivity (Wildman–Crippen MR) is 75.0 cm³/mol. The molecule has 1 aromatic heterocycles. The second-order valence-electron chi connectivity index (χ2n) is 5.53. The van der Waals surface area contributed by atoms with Gasteiger partial charge in [-0.1, -0.05) is 0 Å². The summed E-state index contributed by atoms with van der Waals surface area (Å²) in [6.07, 6.45) is -1.70. The van der Waals surface area contributed by atoms with Gasteiger partial charge in [-0.2, -0.15) is 5.10 Å². The molecule has 1 fully saturated rings. The van der Waals surface area contributed by atoms with Gasteiger partial charge in [-0.25, -0.2) is 26.0 Å². The topological polar surface area (TPSA) is 55.2 Å². The van der Waals surface area contributed by atoms with Gasteiger partial charge in [-0.15, -0.1) is 0 Å². The van der Waals surface area contributed by atoms with E-state index < -0.39 is 37.8 Å². The van der Waals surface area contributed by atoms with Crippen molar-refractivity contribution in [3.05, 3.63) is 11.9 Å². The Morgan fingerprint density at radius 1 is 1.41 bits per heavy atom. The van der Waals surface area contributed by atoms with Crippen LogP contribution in [-0.2, 0) is 16.9 Å². The SMILES string of the molecule is Cn1cc(S(=O)(=O)[C@](C)(F)C2CCN(Cl)CC2)c(C(F)F)n1. The minimum atomic E-state index is -4.60. The molecule has 0 aliphatic carbocycles. The van der Waals surface area contributed by atoms with Crippen LogP contribution in [0.2, 0.25) is 0 Å². The highest BCUT2D eigenvalue weighted by Crippen LogP contribution is 2.41. The van der Waals surface area contributed by atoms with Gasteiger partial charge in [-0.05, 0) is 31.5 Å². The van der Waals surface area contributed by atoms with E-state index in [1.807, 2.05) is 0 Å². The van der Waals surface area contributed by atoms with E-state index in [1.165, 1.54) is 11.5 Å². The summed E-state index contributed by atoms with van der Waals surface area (Å²) in [5.41, 5.74) is -0.916. The summed E-state index contributed by atoms with van der Waals surface area (Å²) < 4.78 is 68.6. The zero-order chi connectivity index (χ0) is 16.7. The van der Waals surface area contributed by atoms with Gasteiger partial charge in [0, 0.05) is 32.3 Å². The van der Waals surface area contributed by atoms with Crippen molar-refractivity contribution in [2.75, 3.05) is 13.1 Å². The quantitative estimate of drug-likeness (QED) is 0.776. The third-order valence-electron chi connectivity index (χ3n) is 4.01. The molecule has 22 heavy (non-hydrogen) atoms. The van der Waals surface area contributed by atoms with Crippen molar-refractivity contribution in [3.8, 4) is 0 Å². The van der Waals surface area contributed by atoms with E-state index in [9.17, 15) is 17.2 Å². The fourth-order valence-electron chi connectivity index (χ4n) is 2.64. The van der Waals surface area contributed by atoms with Gasteiger partial charge in [-0.3, -0.25) is 4.68 Å². The van der Waals surface area contributed by atoms with Crippen LogP contribution >= 0.6 is 11.8 Å². The highest BCUT2D eigenvalue weighted by molar-refractivity contribution is 7.92. The normalized spacial score (nSPS) is 21.2. The standard InChI is InChI=1S/C12H17ClF3N3O2S/c1-12(16,8-3-5-19(13)6-4-8)22(20,21)9-7-18(2)17-10(9)11(14)15/h7-8,11H,3-6H2,1-2H3/t12-/m0/s1. The fraction of sp³-hybridized carbons (Fsp3) is 0.750. The molecule has 0 bridgehead atoms. The van der Waals surface area contributed by atoms with Crippen LogP contribution < -0.4 is 0 Å². The average Bonchev–Trinajstić information content (AvgIpc) is 2.82. The number of alkyl halides is 3. The van der Waals surface area contributed by atoms with Crippen molar-refractivity contribution in [3.63, 3.8) is 0 Å². The molecule has 10 heteroatoms. The number of rotatable bonds is 4. The summed E-state index contributed by atoms with van der Waals surface area (Å²) in [5, 5.41) is 0.784. The van der Waals surface area contributed by atoms with E-state index in [0.29, 0.717) is 13.1 Å². The Morgan fingerprint density at radius 2 is 1.95 bits per heavy atom. The number of hydrogen-bond donors (Lipinski definition) is 0. The molecule has 0 aromatic carbocycles. The molecule has 1 aliphatic heterocycles. The molecule has 1 aliphatic rings. The van der Waals surface area contributed by atoms with Crippen molar-refractivity contribution in [1.82, 2.24) is 14.2 Å². The smallest absolute Gasteiger partial charge is 0.274 e. The Hall–Kier alpha value is -0.800. The Balaban J connectivity index is 2.41. The lowest BCUT2D eigenvalue weighted by Gasteiger charge is -2.35. The van der Waals surface area contributed by atoms with Crippen LogP contribution in [0.15, 0.2) is 11.1 Å². The monoisotopic (exact) mass is 359 g/mol. The molecule has 0 radical (unpaired) electrons. The van der Waals surface area contributed by atoms with Crippen molar-refractivity contribution in [2.24, 2.45) is 13.0 Å². The maximum Gasteiger partial charge on any atom is 0.283 e. The van der Waals surface area contributed by atoms with Crippen LogP contribution in [-0.4, -0.2) is 40.7 Å². The van der Waals surface area contributed by atoms with E-state index in [1.54, 1.807) is 0 Å². The van der Waals surface area contributed by atoms with Crippen LogP contribution in [0.1, 0.15) is 31.9 Å². The first kappa shape index (κ1) is 17.6. The van der Waals surface area contributed by atoms with Crippen molar-refractivity contribution < 1.29 is 21.6 Å². The van der Waals surface area contributed by atoms with Gasteiger partial charge in [0.15, 0.2) is 0 Å². The Morgan fingerprint density at radius 3 is 2.45 bits per heavy atom. The minimum Gasteiger partial charge on any atom is -0.274 e. The van der Waals surface area contributed by atoms with Gasteiger partial charge >= 0.3 is 0 Å². The van der Waals surface area contributed by atoms with Crippen LogP contribution in [0.25, 0.3) is 0 Å². The molecule has 0 saturated carbocycles. The fourth-order valence-corrected chi connectivity index (χ4v) is 4.64. The number of sulfone groups is 1. The second kappa shape index (κ2) is 6.01. The number of nitrogens with zero attached hydrogens (tertiary/aromatic N) is 3. The van der Waals surface area contributed by atoms with Crippen LogP contribution in [0, 0.1) is 5.92 Å². The highest BCUT2D eigenvalue weighted by Gasteiger charge is 2.50. The number of halogens is 4. The number of hydrogen-bond acceptors (Lipinski definition) is 4. The molecule has 1 aromatic rings. The molecule has 0 N–H and O–H groups in total. The molecule has 2 rings (SSSR count). The summed E-state index contributed by atoms with van der Waals surface area (Å²) in [6, 6.07) is 0. The Bertz CT molecular complexity index is 640. The van der Waals surface area contributed by atoms with Crippen LogP contribution in [0.4, 0.5) is 13.2 Å². The first-order valence-corrected chi connectivity index (χ1v) is 8.55. The Labute approximate surface area is 132 Å². The zero-order valence-corrected chi connectivity index (χ0v) is 13.7. The molecule has 5 nitrogen and oxygen atoms in total. The summed E-state index contributed by atoms with van der Waals surface area (Å²) in [6.45, 7) is 1.62. The number of aryl methyl sites for hydroxylation is 1. The highest BCUT2D eigenvalue weighted by atomic mass is 35.5. The number of aromatic nitrogens is 2. The number of piperidine rings is 1. The predicted octanol–water partition coefficient (Wildman–Crippen LogP) is 2.68. The lowest BCUT2D eigenvalue weighted by molar-refractivity contribution is 0.133. The third-order valence-corrected chi connectivity index (χ3v) is 6.63. The van der Waals surface area contributed by atoms with E-state index >= 15 is 4.39 Å². The van der Waals surface area contributed by atoms with E-state index in [0.717, 1.165) is 17.8 Å². The molecule has 126 valence electrons. The first-order chi connectivity index (χ1) is 10.1. The molecular weight excluding hydrogens is 343 g/mol. The third kappa shape index (κ3) is 2.98. The molecule has 2 heterocycles. The minimum absolute atomic E-state index is 0.236. The van der Waals surface area contributed by atoms with Gasteiger partial charge in [0.25, 0.3) is 6.43 Å². The molecule has 1 saturated heterocycles. The maximum atomic E-state index is 15.1. The van der Waals surface area contributed by atoms with Crippen LogP contribution in [0.5, 0.6) is 0 Å². The van der Waals surface area contributed by atoms with E-state index in [-0.39, 0.29) is 12.8 Å². The van der Waals surface area contributed by atoms with E-state index in [2.05, 4.69) is 5.10 Å². The van der Waals surface area contributed by atoms with Gasteiger partial charge in [0.2, 0.25) is 14.8 Å². The van der Waals surface area contributed by atoms with Crippen molar-refractivity contribution >= 4 is 21.6 Å². The molecule has 1 atom stereocenters. The van der Waals surface area contributed by atoms with Gasteiger partial charge in [0.1, 0.15) is 10.6 Å². The lowest BCUT2D eigenvalue weighted by Crippen LogP contribution is -2.43. The largest absolute Gasteiger partial charge is 0.283 e. The van der Waals surface area contributed by atoms with Crippen molar-refractivity contribution in [2.45, 2.75) is 36.1 Å².